The first-order valence-electron chi connectivity index (χ1n) is 11.6. The van der Waals surface area contributed by atoms with Crippen LogP contribution in [0.5, 0.6) is 0 Å². The van der Waals surface area contributed by atoms with Crippen LogP contribution in [0.2, 0.25) is 0 Å². The number of rotatable bonds is 4. The molecule has 7 nitrogen and oxygen atoms in total. The maximum atomic E-state index is 13.6. The summed E-state index contributed by atoms with van der Waals surface area (Å²) in [7, 11) is 0. The normalized spacial score (nSPS) is 23.2. The van der Waals surface area contributed by atoms with E-state index in [1.807, 2.05) is 35.2 Å². The summed E-state index contributed by atoms with van der Waals surface area (Å²) in [5, 5.41) is 18.5. The van der Waals surface area contributed by atoms with E-state index in [2.05, 4.69) is 17.6 Å². The number of ether oxygens (including phenoxy) is 1. The van der Waals surface area contributed by atoms with E-state index in [1.54, 1.807) is 0 Å². The molecule has 1 aliphatic carbocycles. The number of allylic oxidation sites excluding steroid dienone is 1. The number of thiol groups is 1. The first kappa shape index (κ1) is 24.5. The first-order chi connectivity index (χ1) is 17.2. The number of carbonyl (C=O) groups is 1. The number of pyridine rings is 1. The number of aliphatic hydroxyl groups is 1. The van der Waals surface area contributed by atoms with Crippen molar-refractivity contribution in [1.29, 1.82) is 5.26 Å². The molecule has 1 saturated heterocycles. The van der Waals surface area contributed by atoms with Gasteiger partial charge in [-0.25, -0.2) is 4.98 Å². The number of alkyl halides is 3. The molecule has 3 aliphatic rings. The van der Waals surface area contributed by atoms with Gasteiger partial charge in [0.1, 0.15) is 23.5 Å². The molecule has 1 N–H and O–H groups in total. The molecule has 1 aromatic heterocycles. The first-order valence-corrected chi connectivity index (χ1v) is 12.1. The minimum Gasteiger partial charge on any atom is -0.488 e. The molecule has 1 saturated carbocycles. The second-order valence-corrected chi connectivity index (χ2v) is 9.55. The van der Waals surface area contributed by atoms with E-state index in [4.69, 9.17) is 10.00 Å². The standard InChI is InChI=1S/C25H23F3N4O3S/c26-25(27,28)19-11-17(13-30-20(19)12-29)31-22(34)24(9-2-10-24)32(23(31)36)16-7-5-15(6-8-16)21-4-1-3-18(14-33)35-21/h4-8,11,13,18,23,33,36H,1-3,9-10,14H2. The Labute approximate surface area is 211 Å². The predicted molar refractivity (Wildman–Crippen MR) is 129 cm³/mol. The molecule has 2 unspecified atom stereocenters. The molecule has 0 bridgehead atoms. The van der Waals surface area contributed by atoms with Crippen LogP contribution in [0.15, 0.2) is 42.6 Å². The van der Waals surface area contributed by atoms with Gasteiger partial charge in [0, 0.05) is 11.3 Å². The summed E-state index contributed by atoms with van der Waals surface area (Å²) in [5.74, 6) is 0.330. The van der Waals surface area contributed by atoms with Crippen LogP contribution in [0.25, 0.3) is 5.76 Å². The van der Waals surface area contributed by atoms with Crippen LogP contribution in [0, 0.1) is 11.3 Å². The van der Waals surface area contributed by atoms with Crippen molar-refractivity contribution >= 4 is 35.7 Å². The van der Waals surface area contributed by atoms with Gasteiger partial charge in [-0.15, -0.1) is 12.6 Å². The Hall–Kier alpha value is -3.23. The molecule has 5 rings (SSSR count). The summed E-state index contributed by atoms with van der Waals surface area (Å²) in [6.07, 6.45) is 1.46. The molecule has 1 aromatic carbocycles. The van der Waals surface area contributed by atoms with Gasteiger partial charge in [0.05, 0.1) is 24.1 Å². The third kappa shape index (κ3) is 3.89. The number of anilines is 2. The number of aliphatic hydroxyl groups excluding tert-OH is 1. The van der Waals surface area contributed by atoms with Crippen molar-refractivity contribution in [3.63, 3.8) is 0 Å². The van der Waals surface area contributed by atoms with Gasteiger partial charge in [-0.1, -0.05) is 0 Å². The van der Waals surface area contributed by atoms with E-state index in [9.17, 15) is 23.1 Å². The van der Waals surface area contributed by atoms with Crippen LogP contribution in [0.1, 0.15) is 48.9 Å². The lowest BCUT2D eigenvalue weighted by molar-refractivity contribution is -0.138. The zero-order valence-electron chi connectivity index (χ0n) is 19.1. The maximum Gasteiger partial charge on any atom is 0.419 e. The lowest BCUT2D eigenvalue weighted by Crippen LogP contribution is -2.55. The van der Waals surface area contributed by atoms with Gasteiger partial charge < -0.3 is 14.7 Å². The molecule has 1 amide bonds. The number of carbonyl (C=O) groups excluding carboxylic acids is 1. The molecule has 2 aliphatic heterocycles. The van der Waals surface area contributed by atoms with Crippen molar-refractivity contribution in [2.24, 2.45) is 0 Å². The average Bonchev–Trinajstić information content (AvgIpc) is 3.10. The van der Waals surface area contributed by atoms with Crippen LogP contribution < -0.4 is 9.80 Å². The van der Waals surface area contributed by atoms with Crippen LogP contribution in [0.4, 0.5) is 24.5 Å². The Morgan fingerprint density at radius 3 is 2.56 bits per heavy atom. The number of amides is 1. The zero-order chi connectivity index (χ0) is 25.7. The molecule has 0 radical (unpaired) electrons. The summed E-state index contributed by atoms with van der Waals surface area (Å²) >= 11 is 4.67. The monoisotopic (exact) mass is 516 g/mol. The molecule has 1 spiro atoms. The number of aromatic nitrogens is 1. The van der Waals surface area contributed by atoms with Crippen LogP contribution in [-0.2, 0) is 15.7 Å². The number of hydrogen-bond acceptors (Lipinski definition) is 7. The number of hydrogen-bond donors (Lipinski definition) is 2. The highest BCUT2D eigenvalue weighted by molar-refractivity contribution is 7.81. The minimum absolute atomic E-state index is 0.0625. The fraction of sp³-hybridized carbons (Fsp3) is 0.400. The molecule has 188 valence electrons. The van der Waals surface area contributed by atoms with Gasteiger partial charge in [0.25, 0.3) is 5.91 Å². The van der Waals surface area contributed by atoms with Crippen LogP contribution in [-0.4, -0.2) is 39.7 Å². The molecule has 2 aromatic rings. The maximum absolute atomic E-state index is 13.6. The molecule has 36 heavy (non-hydrogen) atoms. The largest absolute Gasteiger partial charge is 0.488 e. The van der Waals surface area contributed by atoms with Crippen LogP contribution >= 0.6 is 12.6 Å². The zero-order valence-corrected chi connectivity index (χ0v) is 20.0. The summed E-state index contributed by atoms with van der Waals surface area (Å²) in [4.78, 5) is 20.3. The topological polar surface area (TPSA) is 89.7 Å². The van der Waals surface area contributed by atoms with E-state index in [-0.39, 0.29) is 24.3 Å². The number of nitrogens with zero attached hydrogens (tertiary/aromatic N) is 4. The SMILES string of the molecule is N#Cc1ncc(N2C(=O)C3(CCC3)N(c3ccc(C4=CCCC(CO)O4)cc3)C2S)cc1C(F)(F)F. The van der Waals surface area contributed by atoms with Crippen molar-refractivity contribution in [2.75, 3.05) is 16.4 Å². The van der Waals surface area contributed by atoms with Crippen molar-refractivity contribution in [3.05, 3.63) is 59.4 Å². The van der Waals surface area contributed by atoms with E-state index < -0.39 is 28.5 Å². The van der Waals surface area contributed by atoms with Crippen molar-refractivity contribution in [1.82, 2.24) is 4.98 Å². The third-order valence-corrected chi connectivity index (χ3v) is 7.49. The summed E-state index contributed by atoms with van der Waals surface area (Å²) in [5.41, 5.74) is -2.27. The van der Waals surface area contributed by atoms with Gasteiger partial charge in [-0.3, -0.25) is 9.69 Å². The summed E-state index contributed by atoms with van der Waals surface area (Å²) in [6.45, 7) is -0.0642. The lowest BCUT2D eigenvalue weighted by atomic mass is 9.75. The third-order valence-electron chi connectivity index (χ3n) is 7.03. The Balaban J connectivity index is 1.49. The minimum atomic E-state index is -4.79. The van der Waals surface area contributed by atoms with E-state index in [0.29, 0.717) is 24.3 Å². The van der Waals surface area contributed by atoms with Gasteiger partial charge in [0.2, 0.25) is 0 Å². The molecular formula is C25H23F3N4O3S. The fourth-order valence-electron chi connectivity index (χ4n) is 5.04. The van der Waals surface area contributed by atoms with Crippen LogP contribution in [0.3, 0.4) is 0 Å². The second kappa shape index (κ2) is 9.01. The predicted octanol–water partition coefficient (Wildman–Crippen LogP) is 4.47. The van der Waals surface area contributed by atoms with Gasteiger partial charge in [-0.05, 0) is 68.5 Å². The second-order valence-electron chi connectivity index (χ2n) is 9.09. The Kier molecular flexibility index (Phi) is 6.12. The smallest absolute Gasteiger partial charge is 0.419 e. The summed E-state index contributed by atoms with van der Waals surface area (Å²) < 4.78 is 46.5. The van der Waals surface area contributed by atoms with E-state index >= 15 is 0 Å². The highest BCUT2D eigenvalue weighted by Gasteiger charge is 2.60. The number of halogens is 3. The van der Waals surface area contributed by atoms with Crippen molar-refractivity contribution in [2.45, 2.75) is 55.4 Å². The highest BCUT2D eigenvalue weighted by Crippen LogP contribution is 2.50. The molecular weight excluding hydrogens is 493 g/mol. The lowest BCUT2D eigenvalue weighted by Gasteiger charge is -2.44. The van der Waals surface area contributed by atoms with Crippen molar-refractivity contribution in [3.8, 4) is 6.07 Å². The Bertz CT molecular complexity index is 1250. The average molecular weight is 517 g/mol. The quantitative estimate of drug-likeness (QED) is 0.583. The molecule has 11 heteroatoms. The fourth-order valence-corrected chi connectivity index (χ4v) is 5.64. The molecule has 2 fully saturated rings. The van der Waals surface area contributed by atoms with Gasteiger partial charge in [-0.2, -0.15) is 18.4 Å². The van der Waals surface area contributed by atoms with Gasteiger partial charge in [0.15, 0.2) is 11.2 Å². The van der Waals surface area contributed by atoms with Crippen molar-refractivity contribution < 1.29 is 27.8 Å². The highest BCUT2D eigenvalue weighted by atomic mass is 32.1. The van der Waals surface area contributed by atoms with Gasteiger partial charge >= 0.3 is 6.18 Å². The molecule has 2 atom stereocenters. The molecule has 3 heterocycles. The Morgan fingerprint density at radius 1 is 1.25 bits per heavy atom. The Morgan fingerprint density at radius 2 is 1.97 bits per heavy atom. The van der Waals surface area contributed by atoms with E-state index in [1.165, 1.54) is 11.0 Å². The van der Waals surface area contributed by atoms with E-state index in [0.717, 1.165) is 37.1 Å². The number of benzene rings is 1. The number of nitriles is 1. The summed E-state index contributed by atoms with van der Waals surface area (Å²) in [6, 6.07) is 9.62.